The van der Waals surface area contributed by atoms with Gasteiger partial charge in [-0.25, -0.2) is 0 Å². The van der Waals surface area contributed by atoms with Gasteiger partial charge in [0, 0.05) is 17.6 Å². The fourth-order valence-electron chi connectivity index (χ4n) is 2.94. The summed E-state index contributed by atoms with van der Waals surface area (Å²) in [6, 6.07) is 6.59. The van der Waals surface area contributed by atoms with Crippen LogP contribution in [0.25, 0.3) is 0 Å². The van der Waals surface area contributed by atoms with Crippen molar-refractivity contribution in [2.75, 3.05) is 13.2 Å². The summed E-state index contributed by atoms with van der Waals surface area (Å²) >= 11 is 6.11. The Morgan fingerprint density at radius 2 is 2.10 bits per heavy atom. The van der Waals surface area contributed by atoms with Crippen LogP contribution in [0.2, 0.25) is 5.02 Å². The largest absolute Gasteiger partial charge is 0.492 e. The van der Waals surface area contributed by atoms with Crippen LogP contribution >= 0.6 is 11.6 Å². The lowest BCUT2D eigenvalue weighted by atomic mass is 9.86. The average Bonchev–Trinajstić information content (AvgIpc) is 2.47. The van der Waals surface area contributed by atoms with Crippen molar-refractivity contribution in [2.45, 2.75) is 52.0 Å². The predicted molar refractivity (Wildman–Crippen MR) is 85.7 cm³/mol. The molecular weight excluding hydrogens is 270 g/mol. The second-order valence-corrected chi connectivity index (χ2v) is 6.18. The number of rotatable bonds is 6. The van der Waals surface area contributed by atoms with Gasteiger partial charge in [0.2, 0.25) is 0 Å². The van der Waals surface area contributed by atoms with E-state index in [1.165, 1.54) is 25.7 Å². The summed E-state index contributed by atoms with van der Waals surface area (Å²) < 4.78 is 5.81. The second kappa shape index (κ2) is 7.90. The van der Waals surface area contributed by atoms with Gasteiger partial charge in [0.05, 0.1) is 0 Å². The molecule has 0 amide bonds. The molecule has 0 heterocycles. The monoisotopic (exact) mass is 295 g/mol. The molecule has 1 aromatic carbocycles. The zero-order valence-electron chi connectivity index (χ0n) is 12.6. The number of hydrogen-bond acceptors (Lipinski definition) is 2. The third-order valence-corrected chi connectivity index (χ3v) is 4.66. The van der Waals surface area contributed by atoms with Crippen molar-refractivity contribution < 1.29 is 4.74 Å². The van der Waals surface area contributed by atoms with Crippen LogP contribution in [0.3, 0.4) is 0 Å². The summed E-state index contributed by atoms with van der Waals surface area (Å²) in [5.74, 6) is 1.72. The van der Waals surface area contributed by atoms with E-state index in [2.05, 4.69) is 19.2 Å². The maximum Gasteiger partial charge on any atom is 0.119 e. The van der Waals surface area contributed by atoms with Crippen LogP contribution in [-0.4, -0.2) is 19.2 Å². The van der Waals surface area contributed by atoms with E-state index in [0.717, 1.165) is 35.2 Å². The third-order valence-electron chi connectivity index (χ3n) is 4.29. The second-order valence-electron chi connectivity index (χ2n) is 5.78. The number of benzene rings is 1. The number of hydrogen-bond donors (Lipinski definition) is 1. The van der Waals surface area contributed by atoms with Crippen molar-refractivity contribution in [1.29, 1.82) is 0 Å². The van der Waals surface area contributed by atoms with Crippen LogP contribution in [0.1, 0.15) is 45.1 Å². The Morgan fingerprint density at radius 1 is 1.30 bits per heavy atom. The van der Waals surface area contributed by atoms with Crippen LogP contribution in [0.5, 0.6) is 5.75 Å². The first-order chi connectivity index (χ1) is 9.70. The number of ether oxygens (including phenoxy) is 1. The minimum absolute atomic E-state index is 0.670. The summed E-state index contributed by atoms with van der Waals surface area (Å²) in [6.45, 7) is 6.09. The lowest BCUT2D eigenvalue weighted by Gasteiger charge is -2.29. The van der Waals surface area contributed by atoms with Crippen LogP contribution in [-0.2, 0) is 6.42 Å². The van der Waals surface area contributed by atoms with E-state index >= 15 is 0 Å². The van der Waals surface area contributed by atoms with Gasteiger partial charge in [-0.2, -0.15) is 0 Å². The molecule has 1 N–H and O–H groups in total. The minimum atomic E-state index is 0.670. The van der Waals surface area contributed by atoms with Crippen molar-refractivity contribution in [1.82, 2.24) is 5.32 Å². The van der Waals surface area contributed by atoms with Gasteiger partial charge < -0.3 is 10.1 Å². The summed E-state index contributed by atoms with van der Waals surface area (Å²) in [5, 5.41) is 4.46. The van der Waals surface area contributed by atoms with E-state index in [9.17, 15) is 0 Å². The molecule has 0 bridgehead atoms. The van der Waals surface area contributed by atoms with Crippen molar-refractivity contribution in [2.24, 2.45) is 5.92 Å². The Labute approximate surface area is 127 Å². The van der Waals surface area contributed by atoms with Gasteiger partial charge in [-0.3, -0.25) is 0 Å². The molecule has 0 spiro atoms. The first kappa shape index (κ1) is 15.7. The van der Waals surface area contributed by atoms with Crippen molar-refractivity contribution in [3.63, 3.8) is 0 Å². The molecule has 0 aromatic heterocycles. The molecule has 0 saturated heterocycles. The summed E-state index contributed by atoms with van der Waals surface area (Å²) in [5.41, 5.74) is 1.15. The van der Waals surface area contributed by atoms with Crippen LogP contribution in [0.15, 0.2) is 18.2 Å². The van der Waals surface area contributed by atoms with Crippen molar-refractivity contribution in [3.8, 4) is 5.75 Å². The SMILES string of the molecule is CCc1cc(OCCNC2CCCCC2C)ccc1Cl. The van der Waals surface area contributed by atoms with E-state index < -0.39 is 0 Å². The highest BCUT2D eigenvalue weighted by Crippen LogP contribution is 2.24. The topological polar surface area (TPSA) is 21.3 Å². The summed E-state index contributed by atoms with van der Waals surface area (Å²) in [4.78, 5) is 0. The Hall–Kier alpha value is -0.730. The Morgan fingerprint density at radius 3 is 2.85 bits per heavy atom. The fraction of sp³-hybridized carbons (Fsp3) is 0.647. The third kappa shape index (κ3) is 4.39. The standard InChI is InChI=1S/C17H26ClNO/c1-3-14-12-15(8-9-16(14)18)20-11-10-19-17-7-5-4-6-13(17)2/h8-9,12-13,17,19H,3-7,10-11H2,1-2H3. The van der Waals surface area contributed by atoms with Gasteiger partial charge >= 0.3 is 0 Å². The number of nitrogens with one attached hydrogen (secondary N) is 1. The molecule has 1 aliphatic carbocycles. The molecule has 20 heavy (non-hydrogen) atoms. The predicted octanol–water partition coefficient (Wildman–Crippen LogP) is 4.45. The quantitative estimate of drug-likeness (QED) is 0.783. The van der Waals surface area contributed by atoms with Crippen LogP contribution in [0, 0.1) is 5.92 Å². The Kier molecular flexibility index (Phi) is 6.18. The number of aryl methyl sites for hydroxylation is 1. The van der Waals surface area contributed by atoms with Crippen LogP contribution < -0.4 is 10.1 Å². The molecule has 1 aromatic rings. The van der Waals surface area contributed by atoms with Gasteiger partial charge in [-0.1, -0.05) is 38.3 Å². The van der Waals surface area contributed by atoms with E-state index in [4.69, 9.17) is 16.3 Å². The highest BCUT2D eigenvalue weighted by molar-refractivity contribution is 6.31. The van der Waals surface area contributed by atoms with E-state index in [1.54, 1.807) is 0 Å². The van der Waals surface area contributed by atoms with Gasteiger partial charge in [-0.15, -0.1) is 0 Å². The molecule has 1 saturated carbocycles. The molecule has 2 rings (SSSR count). The molecule has 1 aliphatic rings. The van der Waals surface area contributed by atoms with E-state index in [1.807, 2.05) is 18.2 Å². The summed E-state index contributed by atoms with van der Waals surface area (Å²) in [6.07, 6.45) is 6.35. The highest BCUT2D eigenvalue weighted by Gasteiger charge is 2.20. The highest BCUT2D eigenvalue weighted by atomic mass is 35.5. The van der Waals surface area contributed by atoms with E-state index in [0.29, 0.717) is 12.6 Å². The smallest absolute Gasteiger partial charge is 0.119 e. The first-order valence-corrected chi connectivity index (χ1v) is 8.23. The molecule has 2 atom stereocenters. The normalized spacial score (nSPS) is 22.8. The first-order valence-electron chi connectivity index (χ1n) is 7.85. The average molecular weight is 296 g/mol. The zero-order valence-corrected chi connectivity index (χ0v) is 13.4. The van der Waals surface area contributed by atoms with Gasteiger partial charge in [0.25, 0.3) is 0 Å². The lowest BCUT2D eigenvalue weighted by Crippen LogP contribution is -2.39. The molecule has 112 valence electrons. The van der Waals surface area contributed by atoms with Crippen LogP contribution in [0.4, 0.5) is 0 Å². The molecule has 0 radical (unpaired) electrons. The molecule has 2 unspecified atom stereocenters. The van der Waals surface area contributed by atoms with Crippen molar-refractivity contribution in [3.05, 3.63) is 28.8 Å². The maximum absolute atomic E-state index is 6.11. The Bertz CT molecular complexity index is 421. The zero-order chi connectivity index (χ0) is 14.4. The summed E-state index contributed by atoms with van der Waals surface area (Å²) in [7, 11) is 0. The number of halogens is 1. The Balaban J connectivity index is 1.73. The fourth-order valence-corrected chi connectivity index (χ4v) is 3.20. The van der Waals surface area contributed by atoms with Gasteiger partial charge in [0.15, 0.2) is 0 Å². The molecule has 0 aliphatic heterocycles. The van der Waals surface area contributed by atoms with Gasteiger partial charge in [-0.05, 0) is 48.9 Å². The van der Waals surface area contributed by atoms with Crippen molar-refractivity contribution >= 4 is 11.6 Å². The molecule has 2 nitrogen and oxygen atoms in total. The molecule has 1 fully saturated rings. The van der Waals surface area contributed by atoms with E-state index in [-0.39, 0.29) is 0 Å². The molecule has 3 heteroatoms. The molecular formula is C17H26ClNO. The maximum atomic E-state index is 6.11. The van der Waals surface area contributed by atoms with Gasteiger partial charge in [0.1, 0.15) is 12.4 Å². The lowest BCUT2D eigenvalue weighted by molar-refractivity contribution is 0.251. The minimum Gasteiger partial charge on any atom is -0.492 e.